The number of benzene rings is 2. The SMILES string of the molecule is C[C@@H]1N=C(c2ccccc2Cl)c2cc(C3CC3)ccc2-n2cnc(C(N)=O)c21. The van der Waals surface area contributed by atoms with Crippen LogP contribution in [0.2, 0.25) is 5.02 Å². The van der Waals surface area contributed by atoms with Crippen molar-refractivity contribution in [3.05, 3.63) is 81.9 Å². The number of carbonyl (C=O) groups is 1. The second-order valence-electron chi connectivity index (χ2n) is 7.40. The number of fused-ring (bicyclic) bond motifs is 3. The third-order valence-electron chi connectivity index (χ3n) is 5.47. The van der Waals surface area contributed by atoms with Crippen LogP contribution in [-0.2, 0) is 0 Å². The zero-order valence-corrected chi connectivity index (χ0v) is 16.1. The van der Waals surface area contributed by atoms with E-state index in [9.17, 15) is 4.79 Å². The zero-order chi connectivity index (χ0) is 19.4. The lowest BCUT2D eigenvalue weighted by Gasteiger charge is -2.14. The molecule has 0 spiro atoms. The van der Waals surface area contributed by atoms with Gasteiger partial charge in [0.2, 0.25) is 0 Å². The number of nitrogens with zero attached hydrogens (tertiary/aromatic N) is 3. The van der Waals surface area contributed by atoms with E-state index in [4.69, 9.17) is 22.3 Å². The normalized spacial score (nSPS) is 18.1. The minimum Gasteiger partial charge on any atom is -0.364 e. The lowest BCUT2D eigenvalue weighted by atomic mass is 9.97. The van der Waals surface area contributed by atoms with E-state index in [0.29, 0.717) is 16.6 Å². The molecule has 140 valence electrons. The minimum absolute atomic E-state index is 0.258. The lowest BCUT2D eigenvalue weighted by molar-refractivity contribution is 0.0994. The fraction of sp³-hybridized carbons (Fsp3) is 0.227. The summed E-state index contributed by atoms with van der Waals surface area (Å²) in [6.07, 6.45) is 4.10. The summed E-state index contributed by atoms with van der Waals surface area (Å²) in [4.78, 5) is 21.2. The Hall–Kier alpha value is -2.92. The van der Waals surface area contributed by atoms with Gasteiger partial charge in [-0.3, -0.25) is 14.4 Å². The highest BCUT2D eigenvalue weighted by Gasteiger charge is 2.30. The average molecular weight is 391 g/mol. The number of amides is 1. The zero-order valence-electron chi connectivity index (χ0n) is 15.4. The van der Waals surface area contributed by atoms with Gasteiger partial charge in [-0.2, -0.15) is 0 Å². The molecule has 6 heteroatoms. The maximum Gasteiger partial charge on any atom is 0.269 e. The number of nitrogens with two attached hydrogens (primary N) is 1. The third-order valence-corrected chi connectivity index (χ3v) is 5.80. The van der Waals surface area contributed by atoms with Crippen LogP contribution in [0, 0.1) is 0 Å². The molecule has 0 saturated heterocycles. The molecule has 0 unspecified atom stereocenters. The maximum absolute atomic E-state index is 11.9. The number of carbonyl (C=O) groups excluding carboxylic acids is 1. The second-order valence-corrected chi connectivity index (χ2v) is 7.80. The van der Waals surface area contributed by atoms with Crippen LogP contribution >= 0.6 is 11.6 Å². The quantitative estimate of drug-likeness (QED) is 0.719. The van der Waals surface area contributed by atoms with Crippen molar-refractivity contribution in [3.8, 4) is 5.69 Å². The number of aromatic nitrogens is 2. The van der Waals surface area contributed by atoms with Gasteiger partial charge in [-0.05, 0) is 49.4 Å². The average Bonchev–Trinajstić information content (AvgIpc) is 3.45. The molecule has 2 aromatic carbocycles. The van der Waals surface area contributed by atoms with Crippen LogP contribution in [0.1, 0.15) is 64.6 Å². The fourth-order valence-corrected chi connectivity index (χ4v) is 4.18. The molecule has 2 N–H and O–H groups in total. The summed E-state index contributed by atoms with van der Waals surface area (Å²) in [5, 5.41) is 0.649. The topological polar surface area (TPSA) is 73.3 Å². The molecular weight excluding hydrogens is 372 g/mol. The predicted octanol–water partition coefficient (Wildman–Crippen LogP) is 4.41. The number of hydrogen-bond donors (Lipinski definition) is 1. The third kappa shape index (κ3) is 2.66. The summed E-state index contributed by atoms with van der Waals surface area (Å²) in [6, 6.07) is 13.9. The van der Waals surface area contributed by atoms with E-state index in [2.05, 4.69) is 23.2 Å². The van der Waals surface area contributed by atoms with Crippen molar-refractivity contribution in [2.75, 3.05) is 0 Å². The van der Waals surface area contributed by atoms with Crippen molar-refractivity contribution in [1.82, 2.24) is 9.55 Å². The molecule has 3 aromatic rings. The van der Waals surface area contributed by atoms with Crippen LogP contribution in [0.25, 0.3) is 5.69 Å². The van der Waals surface area contributed by atoms with Crippen molar-refractivity contribution >= 4 is 23.2 Å². The molecule has 1 aliphatic heterocycles. The first-order valence-electron chi connectivity index (χ1n) is 9.39. The van der Waals surface area contributed by atoms with E-state index in [1.807, 2.05) is 35.8 Å². The Kier molecular flexibility index (Phi) is 3.88. The second kappa shape index (κ2) is 6.31. The van der Waals surface area contributed by atoms with Crippen LogP contribution < -0.4 is 5.73 Å². The summed E-state index contributed by atoms with van der Waals surface area (Å²) < 4.78 is 1.93. The Labute approximate surface area is 167 Å². The van der Waals surface area contributed by atoms with Gasteiger partial charge in [0, 0.05) is 16.1 Å². The van der Waals surface area contributed by atoms with E-state index >= 15 is 0 Å². The van der Waals surface area contributed by atoms with E-state index in [0.717, 1.165) is 22.5 Å². The van der Waals surface area contributed by atoms with Crippen LogP contribution in [0.15, 0.2) is 53.8 Å². The highest BCUT2D eigenvalue weighted by Crippen LogP contribution is 2.42. The molecule has 1 amide bonds. The number of hydrogen-bond acceptors (Lipinski definition) is 3. The Morgan fingerprint density at radius 1 is 1.18 bits per heavy atom. The molecule has 2 heterocycles. The maximum atomic E-state index is 11.9. The van der Waals surface area contributed by atoms with Crippen LogP contribution in [0.5, 0.6) is 0 Å². The van der Waals surface area contributed by atoms with Crippen LogP contribution in [0.3, 0.4) is 0 Å². The Morgan fingerprint density at radius 2 is 1.96 bits per heavy atom. The van der Waals surface area contributed by atoms with Crippen molar-refractivity contribution in [2.24, 2.45) is 10.7 Å². The number of primary amides is 1. The van der Waals surface area contributed by atoms with E-state index < -0.39 is 5.91 Å². The van der Waals surface area contributed by atoms with Gasteiger partial charge >= 0.3 is 0 Å². The minimum atomic E-state index is -0.548. The number of aliphatic imine (C=N–C) groups is 1. The summed E-state index contributed by atoms with van der Waals surface area (Å²) in [7, 11) is 0. The van der Waals surface area contributed by atoms with E-state index in [-0.39, 0.29) is 11.7 Å². The monoisotopic (exact) mass is 390 g/mol. The van der Waals surface area contributed by atoms with E-state index in [1.54, 1.807) is 6.33 Å². The molecule has 1 saturated carbocycles. The first-order chi connectivity index (χ1) is 13.5. The van der Waals surface area contributed by atoms with Crippen LogP contribution in [0.4, 0.5) is 0 Å². The van der Waals surface area contributed by atoms with Crippen molar-refractivity contribution in [3.63, 3.8) is 0 Å². The summed E-state index contributed by atoms with van der Waals surface area (Å²) in [5.41, 5.74) is 11.5. The van der Waals surface area contributed by atoms with Gasteiger partial charge in [0.15, 0.2) is 5.69 Å². The van der Waals surface area contributed by atoms with Crippen LogP contribution in [-0.4, -0.2) is 21.2 Å². The molecule has 28 heavy (non-hydrogen) atoms. The van der Waals surface area contributed by atoms with Gasteiger partial charge in [-0.1, -0.05) is 35.9 Å². The highest BCUT2D eigenvalue weighted by atomic mass is 35.5. The van der Waals surface area contributed by atoms with E-state index in [1.165, 1.54) is 18.4 Å². The number of rotatable bonds is 3. The van der Waals surface area contributed by atoms with Gasteiger partial charge in [-0.15, -0.1) is 0 Å². The Balaban J connectivity index is 1.81. The molecule has 0 bridgehead atoms. The Morgan fingerprint density at radius 3 is 2.68 bits per heavy atom. The molecule has 1 atom stereocenters. The molecule has 5 rings (SSSR count). The van der Waals surface area contributed by atoms with Gasteiger partial charge in [0.25, 0.3) is 5.91 Å². The smallest absolute Gasteiger partial charge is 0.269 e. The van der Waals surface area contributed by atoms with Gasteiger partial charge < -0.3 is 5.73 Å². The van der Waals surface area contributed by atoms with Gasteiger partial charge in [0.1, 0.15) is 6.33 Å². The summed E-state index contributed by atoms with van der Waals surface area (Å²) in [5.74, 6) is 0.0649. The lowest BCUT2D eigenvalue weighted by Crippen LogP contribution is -2.15. The van der Waals surface area contributed by atoms with Gasteiger partial charge in [-0.25, -0.2) is 4.98 Å². The predicted molar refractivity (Wildman–Crippen MR) is 110 cm³/mol. The number of imidazole rings is 1. The standard InChI is InChI=1S/C22H19ClN4O/c1-12-21-20(22(24)28)25-11-27(21)18-9-8-14(13-6-7-13)10-16(18)19(26-12)15-4-2-3-5-17(15)23/h2-5,8-13H,6-7H2,1H3,(H2,24,28)/t12-/m0/s1. The molecule has 0 radical (unpaired) electrons. The van der Waals surface area contributed by atoms with Crippen molar-refractivity contribution in [2.45, 2.75) is 31.7 Å². The van der Waals surface area contributed by atoms with Crippen molar-refractivity contribution in [1.29, 1.82) is 0 Å². The molecule has 1 aliphatic carbocycles. The summed E-state index contributed by atoms with van der Waals surface area (Å²) in [6.45, 7) is 1.95. The molecular formula is C22H19ClN4O. The highest BCUT2D eigenvalue weighted by molar-refractivity contribution is 6.35. The van der Waals surface area contributed by atoms with Gasteiger partial charge in [0.05, 0.1) is 23.1 Å². The fourth-order valence-electron chi connectivity index (χ4n) is 3.96. The molecule has 2 aliphatic rings. The molecule has 1 aromatic heterocycles. The molecule has 1 fully saturated rings. The largest absolute Gasteiger partial charge is 0.364 e. The summed E-state index contributed by atoms with van der Waals surface area (Å²) >= 11 is 6.53. The molecule has 5 nitrogen and oxygen atoms in total. The number of halogens is 1. The van der Waals surface area contributed by atoms with Crippen molar-refractivity contribution < 1.29 is 4.79 Å². The Bertz CT molecular complexity index is 1140. The first-order valence-corrected chi connectivity index (χ1v) is 9.77. The first kappa shape index (κ1) is 17.2.